The molecule has 12 heteroatoms. The van der Waals surface area contributed by atoms with Crippen molar-refractivity contribution in [3.8, 4) is 0 Å². The number of thiazole rings is 1. The van der Waals surface area contributed by atoms with Crippen molar-refractivity contribution in [1.82, 2.24) is 15.2 Å². The molecule has 0 radical (unpaired) electrons. The van der Waals surface area contributed by atoms with Gasteiger partial charge in [0, 0.05) is 17.9 Å². The molecule has 2 aromatic carbocycles. The van der Waals surface area contributed by atoms with Crippen molar-refractivity contribution < 1.29 is 32.7 Å². The van der Waals surface area contributed by atoms with Gasteiger partial charge in [0.25, 0.3) is 5.91 Å². The summed E-state index contributed by atoms with van der Waals surface area (Å²) >= 11 is 0.959. The minimum Gasteiger partial charge on any atom is -0.464 e. The molecule has 1 saturated heterocycles. The lowest BCUT2D eigenvalue weighted by atomic mass is 10.0. The normalized spacial score (nSPS) is 16.1. The Labute approximate surface area is 201 Å². The number of ether oxygens (including phenoxy) is 1. The van der Waals surface area contributed by atoms with Crippen molar-refractivity contribution in [3.63, 3.8) is 0 Å². The summed E-state index contributed by atoms with van der Waals surface area (Å²) in [6.45, 7) is 0. The van der Waals surface area contributed by atoms with Gasteiger partial charge in [-0.1, -0.05) is 30.3 Å². The lowest BCUT2D eigenvalue weighted by Gasteiger charge is -2.24. The van der Waals surface area contributed by atoms with Gasteiger partial charge < -0.3 is 15.4 Å². The molecule has 0 spiro atoms. The van der Waals surface area contributed by atoms with Crippen LogP contribution in [0.2, 0.25) is 0 Å². The number of carbonyl (C=O) groups excluding carboxylic acids is 4. The number of hydrogen-bond donors (Lipinski definition) is 2. The van der Waals surface area contributed by atoms with Crippen LogP contribution in [0.25, 0.3) is 0 Å². The van der Waals surface area contributed by atoms with Gasteiger partial charge in [0.2, 0.25) is 5.91 Å². The molecule has 1 fully saturated rings. The Balaban J connectivity index is 1.63. The Morgan fingerprint density at radius 1 is 1.17 bits per heavy atom. The number of carbonyl (C=O) groups is 4. The SMILES string of the molecule is COC(=O)c1csc(NC(=O)C(Cc2ccccc2)N2C(=O)NC(c3cc(F)cc(F)c3)C2=O)n1. The number of esters is 1. The fourth-order valence-electron chi connectivity index (χ4n) is 3.61. The molecule has 2 heterocycles. The summed E-state index contributed by atoms with van der Waals surface area (Å²) in [6.07, 6.45) is -0.0364. The minimum atomic E-state index is -1.37. The highest BCUT2D eigenvalue weighted by atomic mass is 32.1. The number of amides is 4. The summed E-state index contributed by atoms with van der Waals surface area (Å²) in [5.74, 6) is -4.10. The highest BCUT2D eigenvalue weighted by Crippen LogP contribution is 2.27. The quantitative estimate of drug-likeness (QED) is 0.380. The van der Waals surface area contributed by atoms with E-state index in [1.165, 1.54) is 12.5 Å². The number of aromatic nitrogens is 1. The van der Waals surface area contributed by atoms with E-state index in [4.69, 9.17) is 0 Å². The number of anilines is 1. The van der Waals surface area contributed by atoms with Gasteiger partial charge in [0.1, 0.15) is 23.7 Å². The predicted octanol–water partition coefficient (Wildman–Crippen LogP) is 3.05. The van der Waals surface area contributed by atoms with Crippen LogP contribution in [0.4, 0.5) is 18.7 Å². The zero-order valence-electron chi connectivity index (χ0n) is 18.2. The van der Waals surface area contributed by atoms with Gasteiger partial charge >= 0.3 is 12.0 Å². The second-order valence-corrected chi connectivity index (χ2v) is 8.38. The molecule has 9 nitrogen and oxygen atoms in total. The summed E-state index contributed by atoms with van der Waals surface area (Å²) < 4.78 is 32.0. The number of urea groups is 1. The van der Waals surface area contributed by atoms with Crippen LogP contribution in [0.3, 0.4) is 0 Å². The van der Waals surface area contributed by atoms with E-state index in [2.05, 4.69) is 20.4 Å². The van der Waals surface area contributed by atoms with E-state index in [9.17, 15) is 28.0 Å². The maximum Gasteiger partial charge on any atom is 0.357 e. The molecule has 180 valence electrons. The van der Waals surface area contributed by atoms with Crippen molar-refractivity contribution >= 4 is 40.3 Å². The van der Waals surface area contributed by atoms with Crippen LogP contribution in [0, 0.1) is 11.6 Å². The van der Waals surface area contributed by atoms with E-state index < -0.39 is 47.5 Å². The van der Waals surface area contributed by atoms with Gasteiger partial charge in [-0.2, -0.15) is 0 Å². The average molecular weight is 500 g/mol. The number of hydrogen-bond acceptors (Lipinski definition) is 7. The molecule has 0 saturated carbocycles. The molecular formula is C23H18F2N4O5S. The predicted molar refractivity (Wildman–Crippen MR) is 120 cm³/mol. The molecule has 1 aliphatic heterocycles. The smallest absolute Gasteiger partial charge is 0.357 e. The molecule has 2 atom stereocenters. The first kappa shape index (κ1) is 24.0. The van der Waals surface area contributed by atoms with Crippen LogP contribution >= 0.6 is 11.3 Å². The minimum absolute atomic E-state index is 0.0180. The highest BCUT2D eigenvalue weighted by Gasteiger charge is 2.45. The fourth-order valence-corrected chi connectivity index (χ4v) is 4.30. The number of halogens is 2. The Hall–Kier alpha value is -4.19. The number of methoxy groups -OCH3 is 1. The maximum absolute atomic E-state index is 13.7. The van der Waals surface area contributed by atoms with E-state index in [1.807, 2.05) is 0 Å². The molecule has 3 aromatic rings. The molecule has 2 N–H and O–H groups in total. The Morgan fingerprint density at radius 2 is 1.86 bits per heavy atom. The molecule has 1 aliphatic rings. The van der Waals surface area contributed by atoms with Crippen molar-refractivity contribution in [2.75, 3.05) is 12.4 Å². The van der Waals surface area contributed by atoms with Crippen molar-refractivity contribution in [2.45, 2.75) is 18.5 Å². The Bertz CT molecular complexity index is 1280. The first-order valence-electron chi connectivity index (χ1n) is 10.2. The molecule has 2 unspecified atom stereocenters. The van der Waals surface area contributed by atoms with Gasteiger partial charge in [0.15, 0.2) is 10.8 Å². The molecule has 4 rings (SSSR count). The second kappa shape index (κ2) is 9.97. The fraction of sp³-hybridized carbons (Fsp3) is 0.174. The topological polar surface area (TPSA) is 118 Å². The van der Waals surface area contributed by atoms with Crippen LogP contribution in [0.5, 0.6) is 0 Å². The number of benzene rings is 2. The van der Waals surface area contributed by atoms with E-state index in [0.717, 1.165) is 28.4 Å². The first-order chi connectivity index (χ1) is 16.8. The molecule has 4 amide bonds. The van der Waals surface area contributed by atoms with Crippen LogP contribution in [0.1, 0.15) is 27.7 Å². The summed E-state index contributed by atoms with van der Waals surface area (Å²) in [4.78, 5) is 55.6. The molecular weight excluding hydrogens is 482 g/mol. The maximum atomic E-state index is 13.7. The third kappa shape index (κ3) is 5.17. The van der Waals surface area contributed by atoms with Crippen LogP contribution in [-0.4, -0.2) is 46.9 Å². The molecule has 0 bridgehead atoms. The highest BCUT2D eigenvalue weighted by molar-refractivity contribution is 7.14. The van der Waals surface area contributed by atoms with Crippen molar-refractivity contribution in [2.24, 2.45) is 0 Å². The van der Waals surface area contributed by atoms with Crippen LogP contribution < -0.4 is 10.6 Å². The number of nitrogens with zero attached hydrogens (tertiary/aromatic N) is 2. The number of imide groups is 1. The summed E-state index contributed by atoms with van der Waals surface area (Å²) in [7, 11) is 1.19. The Kier molecular flexibility index (Phi) is 6.82. The second-order valence-electron chi connectivity index (χ2n) is 7.52. The average Bonchev–Trinajstić information content (AvgIpc) is 3.41. The van der Waals surface area contributed by atoms with Gasteiger partial charge in [-0.15, -0.1) is 11.3 Å². The molecule has 0 aliphatic carbocycles. The number of rotatable bonds is 7. The summed E-state index contributed by atoms with van der Waals surface area (Å²) in [5, 5.41) is 6.35. The zero-order chi connectivity index (χ0) is 25.1. The van der Waals surface area contributed by atoms with E-state index in [0.29, 0.717) is 11.6 Å². The van der Waals surface area contributed by atoms with Gasteiger partial charge in [0.05, 0.1) is 7.11 Å². The third-order valence-electron chi connectivity index (χ3n) is 5.20. The molecule has 1 aromatic heterocycles. The number of nitrogens with one attached hydrogen (secondary N) is 2. The Morgan fingerprint density at radius 3 is 2.51 bits per heavy atom. The standard InChI is InChI=1S/C23H18F2N4O5S/c1-34-21(32)16-11-35-22(26-16)28-19(30)17(7-12-5-3-2-4-6-12)29-20(31)18(27-23(29)33)13-8-14(24)10-15(25)9-13/h2-6,8-11,17-18H,7H2,1H3,(H,27,33)(H,26,28,30). The van der Waals surface area contributed by atoms with Gasteiger partial charge in [-0.25, -0.2) is 28.3 Å². The zero-order valence-corrected chi connectivity index (χ0v) is 19.0. The van der Waals surface area contributed by atoms with E-state index in [1.54, 1.807) is 30.3 Å². The van der Waals surface area contributed by atoms with Gasteiger partial charge in [-0.05, 0) is 23.3 Å². The monoisotopic (exact) mass is 500 g/mol. The van der Waals surface area contributed by atoms with Crippen molar-refractivity contribution in [1.29, 1.82) is 0 Å². The van der Waals surface area contributed by atoms with Crippen molar-refractivity contribution in [3.05, 3.63) is 82.4 Å². The largest absolute Gasteiger partial charge is 0.464 e. The first-order valence-corrected chi connectivity index (χ1v) is 11.1. The van der Waals surface area contributed by atoms with Gasteiger partial charge in [-0.3, -0.25) is 9.59 Å². The summed E-state index contributed by atoms with van der Waals surface area (Å²) in [5.41, 5.74) is 0.545. The molecule has 35 heavy (non-hydrogen) atoms. The summed E-state index contributed by atoms with van der Waals surface area (Å²) in [6, 6.07) is 7.61. The lowest BCUT2D eigenvalue weighted by Crippen LogP contribution is -2.49. The van der Waals surface area contributed by atoms with Crippen LogP contribution in [0.15, 0.2) is 53.9 Å². The lowest BCUT2D eigenvalue weighted by molar-refractivity contribution is -0.134. The third-order valence-corrected chi connectivity index (χ3v) is 5.96. The van der Waals surface area contributed by atoms with E-state index in [-0.39, 0.29) is 22.8 Å². The van der Waals surface area contributed by atoms with Crippen LogP contribution in [-0.2, 0) is 20.7 Å². The van der Waals surface area contributed by atoms with E-state index >= 15 is 0 Å².